The van der Waals surface area contributed by atoms with Crippen molar-refractivity contribution in [2.24, 2.45) is 0 Å². The first-order valence-corrected chi connectivity index (χ1v) is 5.19. The van der Waals surface area contributed by atoms with Crippen LogP contribution >= 0.6 is 0 Å². The molecule has 14 heavy (non-hydrogen) atoms. The molecule has 76 valence electrons. The summed E-state index contributed by atoms with van der Waals surface area (Å²) in [5, 5.41) is 0. The zero-order valence-electron chi connectivity index (χ0n) is 8.62. The number of fused-ring (bicyclic) bond motifs is 1. The van der Waals surface area contributed by atoms with E-state index in [0.717, 1.165) is 18.7 Å². The quantitative estimate of drug-likeness (QED) is 0.728. The SMILES string of the molecule is COCC1CCCc2c(N)cccc21. The van der Waals surface area contributed by atoms with E-state index in [1.165, 1.54) is 24.0 Å². The van der Waals surface area contributed by atoms with Crippen LogP contribution in [0.1, 0.15) is 29.9 Å². The highest BCUT2D eigenvalue weighted by atomic mass is 16.5. The molecule has 0 saturated carbocycles. The molecule has 2 N–H and O–H groups in total. The van der Waals surface area contributed by atoms with Crippen molar-refractivity contribution < 1.29 is 4.74 Å². The molecule has 0 saturated heterocycles. The molecule has 1 aromatic rings. The Morgan fingerprint density at radius 1 is 1.50 bits per heavy atom. The van der Waals surface area contributed by atoms with Gasteiger partial charge in [-0.3, -0.25) is 0 Å². The fourth-order valence-corrected chi connectivity index (χ4v) is 2.35. The lowest BCUT2D eigenvalue weighted by Crippen LogP contribution is -2.15. The monoisotopic (exact) mass is 191 g/mol. The standard InChI is InChI=1S/C12H17NO/c1-14-8-9-4-2-6-11-10(9)5-3-7-12(11)13/h3,5,7,9H,2,4,6,8,13H2,1H3. The minimum Gasteiger partial charge on any atom is -0.398 e. The second-order valence-corrected chi connectivity index (χ2v) is 3.96. The van der Waals surface area contributed by atoms with Gasteiger partial charge in [0, 0.05) is 18.7 Å². The summed E-state index contributed by atoms with van der Waals surface area (Å²) >= 11 is 0. The molecule has 2 rings (SSSR count). The molecule has 1 unspecified atom stereocenters. The summed E-state index contributed by atoms with van der Waals surface area (Å²) < 4.78 is 5.24. The Labute approximate surface area is 85.1 Å². The highest BCUT2D eigenvalue weighted by Crippen LogP contribution is 2.34. The minimum absolute atomic E-state index is 0.548. The molecule has 0 aliphatic heterocycles. The molecule has 2 heteroatoms. The predicted molar refractivity (Wildman–Crippen MR) is 58.4 cm³/mol. The van der Waals surface area contributed by atoms with Crippen LogP contribution in [0.4, 0.5) is 5.69 Å². The third-order valence-corrected chi connectivity index (χ3v) is 3.04. The van der Waals surface area contributed by atoms with Crippen molar-refractivity contribution in [3.05, 3.63) is 29.3 Å². The van der Waals surface area contributed by atoms with Crippen molar-refractivity contribution in [3.63, 3.8) is 0 Å². The largest absolute Gasteiger partial charge is 0.398 e. The molecule has 2 nitrogen and oxygen atoms in total. The van der Waals surface area contributed by atoms with E-state index in [0.29, 0.717) is 5.92 Å². The molecule has 1 atom stereocenters. The molecule has 0 spiro atoms. The van der Waals surface area contributed by atoms with Crippen LogP contribution in [0.25, 0.3) is 0 Å². The van der Waals surface area contributed by atoms with Crippen LogP contribution in [0, 0.1) is 0 Å². The van der Waals surface area contributed by atoms with Gasteiger partial charge in [0.2, 0.25) is 0 Å². The summed E-state index contributed by atoms with van der Waals surface area (Å²) in [6.07, 6.45) is 3.59. The lowest BCUT2D eigenvalue weighted by molar-refractivity contribution is 0.172. The number of hydrogen-bond acceptors (Lipinski definition) is 2. The number of methoxy groups -OCH3 is 1. The molecule has 0 aromatic heterocycles. The Kier molecular flexibility index (Phi) is 2.73. The summed E-state index contributed by atoms with van der Waals surface area (Å²) in [5.41, 5.74) is 9.66. The van der Waals surface area contributed by atoms with E-state index >= 15 is 0 Å². The molecule has 0 amide bonds. The van der Waals surface area contributed by atoms with Gasteiger partial charge in [-0.05, 0) is 36.5 Å². The van der Waals surface area contributed by atoms with E-state index in [2.05, 4.69) is 6.07 Å². The second-order valence-electron chi connectivity index (χ2n) is 3.96. The van der Waals surface area contributed by atoms with Gasteiger partial charge < -0.3 is 10.5 Å². The zero-order valence-corrected chi connectivity index (χ0v) is 8.62. The van der Waals surface area contributed by atoms with Crippen molar-refractivity contribution in [2.45, 2.75) is 25.2 Å². The van der Waals surface area contributed by atoms with E-state index in [9.17, 15) is 0 Å². The van der Waals surface area contributed by atoms with Crippen LogP contribution in [0.5, 0.6) is 0 Å². The average molecular weight is 191 g/mol. The van der Waals surface area contributed by atoms with Crippen LogP contribution in [0.15, 0.2) is 18.2 Å². The summed E-state index contributed by atoms with van der Waals surface area (Å²) in [6, 6.07) is 6.23. The average Bonchev–Trinajstić information content (AvgIpc) is 2.20. The summed E-state index contributed by atoms with van der Waals surface area (Å²) in [7, 11) is 1.76. The second kappa shape index (κ2) is 4.01. The topological polar surface area (TPSA) is 35.2 Å². The zero-order chi connectivity index (χ0) is 9.97. The molecule has 1 aromatic carbocycles. The first-order valence-electron chi connectivity index (χ1n) is 5.19. The third kappa shape index (κ3) is 1.62. The molecule has 0 fully saturated rings. The number of hydrogen-bond donors (Lipinski definition) is 1. The molecule has 1 aliphatic rings. The van der Waals surface area contributed by atoms with Gasteiger partial charge >= 0.3 is 0 Å². The van der Waals surface area contributed by atoms with Gasteiger partial charge in [-0.15, -0.1) is 0 Å². The van der Waals surface area contributed by atoms with Crippen molar-refractivity contribution >= 4 is 5.69 Å². The van der Waals surface area contributed by atoms with Gasteiger partial charge in [0.1, 0.15) is 0 Å². The van der Waals surface area contributed by atoms with Gasteiger partial charge in [-0.1, -0.05) is 12.1 Å². The predicted octanol–water partition coefficient (Wildman–Crippen LogP) is 2.34. The fourth-order valence-electron chi connectivity index (χ4n) is 2.35. The normalized spacial score (nSPS) is 20.5. The number of ether oxygens (including phenoxy) is 1. The van der Waals surface area contributed by atoms with Crippen molar-refractivity contribution in [3.8, 4) is 0 Å². The lowest BCUT2D eigenvalue weighted by Gasteiger charge is -2.25. The Morgan fingerprint density at radius 3 is 3.14 bits per heavy atom. The van der Waals surface area contributed by atoms with E-state index in [1.807, 2.05) is 12.1 Å². The van der Waals surface area contributed by atoms with Crippen LogP contribution < -0.4 is 5.73 Å². The first kappa shape index (κ1) is 9.53. The summed E-state index contributed by atoms with van der Waals surface area (Å²) in [6.45, 7) is 0.816. The molecule has 0 heterocycles. The van der Waals surface area contributed by atoms with Crippen molar-refractivity contribution in [1.82, 2.24) is 0 Å². The number of nitrogen functional groups attached to an aromatic ring is 1. The van der Waals surface area contributed by atoms with Crippen molar-refractivity contribution in [1.29, 1.82) is 0 Å². The molecule has 0 bridgehead atoms. The first-order chi connectivity index (χ1) is 6.83. The van der Waals surface area contributed by atoms with Crippen LogP contribution in [-0.2, 0) is 11.2 Å². The molecular formula is C12H17NO. The van der Waals surface area contributed by atoms with Gasteiger partial charge in [0.15, 0.2) is 0 Å². The molecular weight excluding hydrogens is 174 g/mol. The number of rotatable bonds is 2. The van der Waals surface area contributed by atoms with Crippen molar-refractivity contribution in [2.75, 3.05) is 19.5 Å². The minimum atomic E-state index is 0.548. The Balaban J connectivity index is 2.34. The van der Waals surface area contributed by atoms with Crippen LogP contribution in [0.3, 0.4) is 0 Å². The highest BCUT2D eigenvalue weighted by molar-refractivity contribution is 5.53. The van der Waals surface area contributed by atoms with Gasteiger partial charge in [0.05, 0.1) is 6.61 Å². The summed E-state index contributed by atoms with van der Waals surface area (Å²) in [4.78, 5) is 0. The maximum Gasteiger partial charge on any atom is 0.0531 e. The van der Waals surface area contributed by atoms with E-state index < -0.39 is 0 Å². The van der Waals surface area contributed by atoms with Gasteiger partial charge in [-0.2, -0.15) is 0 Å². The van der Waals surface area contributed by atoms with Gasteiger partial charge in [0.25, 0.3) is 0 Å². The maximum absolute atomic E-state index is 5.96. The Morgan fingerprint density at radius 2 is 2.36 bits per heavy atom. The Hall–Kier alpha value is -1.02. The highest BCUT2D eigenvalue weighted by Gasteiger charge is 2.20. The van der Waals surface area contributed by atoms with Crippen LogP contribution in [-0.4, -0.2) is 13.7 Å². The number of nitrogens with two attached hydrogens (primary N) is 1. The van der Waals surface area contributed by atoms with E-state index in [1.54, 1.807) is 7.11 Å². The third-order valence-electron chi connectivity index (χ3n) is 3.04. The van der Waals surface area contributed by atoms with E-state index in [4.69, 9.17) is 10.5 Å². The van der Waals surface area contributed by atoms with E-state index in [-0.39, 0.29) is 0 Å². The maximum atomic E-state index is 5.96. The smallest absolute Gasteiger partial charge is 0.0531 e. The number of benzene rings is 1. The Bertz CT molecular complexity index is 322. The number of anilines is 1. The lowest BCUT2D eigenvalue weighted by atomic mass is 9.82. The van der Waals surface area contributed by atoms with Crippen LogP contribution in [0.2, 0.25) is 0 Å². The molecule has 1 aliphatic carbocycles. The van der Waals surface area contributed by atoms with Gasteiger partial charge in [-0.25, -0.2) is 0 Å². The molecule has 0 radical (unpaired) electrons. The summed E-state index contributed by atoms with van der Waals surface area (Å²) in [5.74, 6) is 0.548. The fraction of sp³-hybridized carbons (Fsp3) is 0.500.